The lowest BCUT2D eigenvalue weighted by atomic mass is 9.70. The molecule has 0 radical (unpaired) electrons. The highest BCUT2D eigenvalue weighted by Crippen LogP contribution is 2.46. The molecule has 1 saturated carbocycles. The zero-order valence-electron chi connectivity index (χ0n) is 9.08. The minimum absolute atomic E-state index is 0.305. The molecule has 2 aliphatic carbocycles. The smallest absolute Gasteiger partial charge is 0.166 e. The Morgan fingerprint density at radius 1 is 1.33 bits per heavy atom. The molecule has 0 amide bonds. The topological polar surface area (TPSA) is 30.2 Å². The number of carbonyl (C=O) groups is 1. The van der Waals surface area contributed by atoms with Crippen LogP contribution in [0.4, 0.5) is 0 Å². The number of rotatable bonds is 0. The molecule has 0 spiro atoms. The van der Waals surface area contributed by atoms with E-state index in [0.29, 0.717) is 17.6 Å². The molecule has 2 aliphatic rings. The van der Waals surface area contributed by atoms with Crippen LogP contribution in [-0.4, -0.2) is 5.78 Å². The van der Waals surface area contributed by atoms with Gasteiger partial charge in [-0.15, -0.1) is 0 Å². The monoisotopic (exact) mass is 204 g/mol. The number of aryl methyl sites for hydroxylation is 1. The number of furan rings is 1. The molecule has 80 valence electrons. The minimum Gasteiger partial charge on any atom is -0.468 e. The summed E-state index contributed by atoms with van der Waals surface area (Å²) in [6.07, 6.45) is 7.48. The molecule has 1 heterocycles. The Balaban J connectivity index is 2.08. The molecule has 0 bridgehead atoms. The van der Waals surface area contributed by atoms with E-state index in [1.807, 2.05) is 6.92 Å². The lowest BCUT2D eigenvalue weighted by molar-refractivity contribution is 0.0907. The molecule has 1 fully saturated rings. The van der Waals surface area contributed by atoms with E-state index in [2.05, 4.69) is 0 Å². The number of hydrogen-bond acceptors (Lipinski definition) is 2. The molecule has 0 N–H and O–H groups in total. The van der Waals surface area contributed by atoms with E-state index in [1.54, 1.807) is 6.26 Å². The molecule has 15 heavy (non-hydrogen) atoms. The van der Waals surface area contributed by atoms with Crippen molar-refractivity contribution in [2.45, 2.75) is 44.9 Å². The quantitative estimate of drug-likeness (QED) is 0.648. The van der Waals surface area contributed by atoms with Gasteiger partial charge in [0.2, 0.25) is 0 Å². The third-order valence-electron chi connectivity index (χ3n) is 3.98. The van der Waals surface area contributed by atoms with Crippen LogP contribution in [0.15, 0.2) is 10.7 Å². The van der Waals surface area contributed by atoms with E-state index in [4.69, 9.17) is 4.42 Å². The number of Topliss-reactive ketones (excluding diaryl/α,β-unsaturated/α-hetero) is 1. The van der Waals surface area contributed by atoms with Crippen molar-refractivity contribution in [1.29, 1.82) is 0 Å². The molecule has 1 aromatic rings. The van der Waals surface area contributed by atoms with Crippen LogP contribution in [0.3, 0.4) is 0 Å². The summed E-state index contributed by atoms with van der Waals surface area (Å²) in [6, 6.07) is 0. The van der Waals surface area contributed by atoms with Crippen LogP contribution < -0.4 is 0 Å². The van der Waals surface area contributed by atoms with Crippen molar-refractivity contribution in [1.82, 2.24) is 0 Å². The van der Waals surface area contributed by atoms with Gasteiger partial charge in [0.05, 0.1) is 11.8 Å². The highest BCUT2D eigenvalue weighted by molar-refractivity contribution is 5.99. The average molecular weight is 204 g/mol. The molecule has 0 saturated heterocycles. The third kappa shape index (κ3) is 1.27. The molecule has 2 atom stereocenters. The van der Waals surface area contributed by atoms with Gasteiger partial charge in [-0.1, -0.05) is 12.8 Å². The summed E-state index contributed by atoms with van der Waals surface area (Å²) in [5.41, 5.74) is 1.93. The van der Waals surface area contributed by atoms with E-state index >= 15 is 0 Å². The van der Waals surface area contributed by atoms with Crippen molar-refractivity contribution in [2.75, 3.05) is 0 Å². The number of carbonyl (C=O) groups excluding carboxylic acids is 1. The van der Waals surface area contributed by atoms with Crippen LogP contribution in [0.2, 0.25) is 0 Å². The van der Waals surface area contributed by atoms with Gasteiger partial charge < -0.3 is 4.42 Å². The largest absolute Gasteiger partial charge is 0.468 e. The van der Waals surface area contributed by atoms with E-state index in [0.717, 1.165) is 23.3 Å². The second-order valence-corrected chi connectivity index (χ2v) is 4.94. The maximum Gasteiger partial charge on any atom is 0.166 e. The highest BCUT2D eigenvalue weighted by Gasteiger charge is 2.38. The predicted molar refractivity (Wildman–Crippen MR) is 57.1 cm³/mol. The SMILES string of the molecule is Cc1coc2c1C(=O)C[C@H]1CCCC[C@H]21. The van der Waals surface area contributed by atoms with Gasteiger partial charge in [-0.05, 0) is 31.2 Å². The number of fused-ring (bicyclic) bond motifs is 3. The Morgan fingerprint density at radius 2 is 2.13 bits per heavy atom. The van der Waals surface area contributed by atoms with Crippen LogP contribution in [-0.2, 0) is 0 Å². The van der Waals surface area contributed by atoms with Crippen LogP contribution in [0.5, 0.6) is 0 Å². The molecule has 2 nitrogen and oxygen atoms in total. The zero-order valence-corrected chi connectivity index (χ0v) is 9.08. The van der Waals surface area contributed by atoms with E-state index in [1.165, 1.54) is 25.7 Å². The van der Waals surface area contributed by atoms with Gasteiger partial charge in [0.25, 0.3) is 0 Å². The van der Waals surface area contributed by atoms with E-state index in [9.17, 15) is 4.79 Å². The van der Waals surface area contributed by atoms with E-state index < -0.39 is 0 Å². The van der Waals surface area contributed by atoms with Gasteiger partial charge in [0.1, 0.15) is 5.76 Å². The Kier molecular flexibility index (Phi) is 1.98. The van der Waals surface area contributed by atoms with Crippen molar-refractivity contribution in [2.24, 2.45) is 5.92 Å². The summed E-state index contributed by atoms with van der Waals surface area (Å²) >= 11 is 0. The molecule has 0 aromatic carbocycles. The average Bonchev–Trinajstić information content (AvgIpc) is 2.62. The van der Waals surface area contributed by atoms with Crippen LogP contribution in [0.25, 0.3) is 0 Å². The lowest BCUT2D eigenvalue weighted by Crippen LogP contribution is -2.27. The Labute approximate surface area is 89.7 Å². The molecular weight excluding hydrogens is 188 g/mol. The van der Waals surface area contributed by atoms with Gasteiger partial charge in [0.15, 0.2) is 5.78 Å². The summed E-state index contributed by atoms with van der Waals surface area (Å²) < 4.78 is 5.61. The maximum atomic E-state index is 12.0. The first-order valence-corrected chi connectivity index (χ1v) is 5.88. The number of ketones is 1. The summed E-state index contributed by atoms with van der Waals surface area (Å²) in [5.74, 6) is 2.39. The van der Waals surface area contributed by atoms with Crippen LogP contribution in [0, 0.1) is 12.8 Å². The van der Waals surface area contributed by atoms with Crippen molar-refractivity contribution in [3.8, 4) is 0 Å². The Morgan fingerprint density at radius 3 is 3.00 bits per heavy atom. The first-order valence-electron chi connectivity index (χ1n) is 5.88. The van der Waals surface area contributed by atoms with Gasteiger partial charge >= 0.3 is 0 Å². The van der Waals surface area contributed by atoms with Crippen molar-refractivity contribution < 1.29 is 9.21 Å². The van der Waals surface area contributed by atoms with Gasteiger partial charge in [0, 0.05) is 12.3 Å². The van der Waals surface area contributed by atoms with Crippen LogP contribution >= 0.6 is 0 Å². The fourth-order valence-corrected chi connectivity index (χ4v) is 3.23. The minimum atomic E-state index is 0.305. The predicted octanol–water partition coefficient (Wildman–Crippen LogP) is 3.45. The first-order chi connectivity index (χ1) is 7.27. The third-order valence-corrected chi connectivity index (χ3v) is 3.98. The maximum absolute atomic E-state index is 12.0. The van der Waals surface area contributed by atoms with Gasteiger partial charge in [-0.2, -0.15) is 0 Å². The fourth-order valence-electron chi connectivity index (χ4n) is 3.23. The summed E-state index contributed by atoms with van der Waals surface area (Å²) in [4.78, 5) is 12.0. The Hall–Kier alpha value is -1.05. The fraction of sp³-hybridized carbons (Fsp3) is 0.615. The van der Waals surface area contributed by atoms with Crippen LogP contribution in [0.1, 0.15) is 59.7 Å². The van der Waals surface area contributed by atoms with Gasteiger partial charge in [-0.3, -0.25) is 4.79 Å². The molecule has 1 aromatic heterocycles. The van der Waals surface area contributed by atoms with E-state index in [-0.39, 0.29) is 0 Å². The second kappa shape index (κ2) is 3.22. The van der Waals surface area contributed by atoms with Gasteiger partial charge in [-0.25, -0.2) is 0 Å². The lowest BCUT2D eigenvalue weighted by Gasteiger charge is -2.33. The number of hydrogen-bond donors (Lipinski definition) is 0. The zero-order chi connectivity index (χ0) is 10.4. The molecule has 2 heteroatoms. The molecule has 0 unspecified atom stereocenters. The summed E-state index contributed by atoms with van der Waals surface area (Å²) in [7, 11) is 0. The standard InChI is InChI=1S/C13H16O2/c1-8-7-15-13-10-5-3-2-4-9(10)6-11(14)12(8)13/h7,9-10H,2-6H2,1H3/t9-,10+/m1/s1. The normalized spacial score (nSPS) is 29.8. The summed E-state index contributed by atoms with van der Waals surface area (Å²) in [5, 5.41) is 0. The van der Waals surface area contributed by atoms with Crippen molar-refractivity contribution in [3.63, 3.8) is 0 Å². The van der Waals surface area contributed by atoms with Crippen molar-refractivity contribution in [3.05, 3.63) is 23.2 Å². The Bertz CT molecular complexity index is 403. The molecule has 0 aliphatic heterocycles. The van der Waals surface area contributed by atoms with Crippen molar-refractivity contribution >= 4 is 5.78 Å². The second-order valence-electron chi connectivity index (χ2n) is 4.94. The summed E-state index contributed by atoms with van der Waals surface area (Å²) in [6.45, 7) is 1.98. The molecular formula is C13H16O2. The highest BCUT2D eigenvalue weighted by atomic mass is 16.3. The first kappa shape index (κ1) is 9.20. The molecule has 3 rings (SSSR count).